The molecule has 0 aromatic rings. The van der Waals surface area contributed by atoms with E-state index in [2.05, 4.69) is 11.8 Å². The van der Waals surface area contributed by atoms with E-state index in [0.717, 1.165) is 12.3 Å². The Morgan fingerprint density at radius 1 is 1.15 bits per heavy atom. The second-order valence-corrected chi connectivity index (χ2v) is 4.81. The zero-order valence-electron chi connectivity index (χ0n) is 8.58. The highest BCUT2D eigenvalue weighted by Crippen LogP contribution is 2.27. The number of aliphatic hydroxyl groups excluding tert-OH is 1. The van der Waals surface area contributed by atoms with Crippen LogP contribution >= 0.6 is 0 Å². The molecule has 1 saturated heterocycles. The Morgan fingerprint density at radius 3 is 2.54 bits per heavy atom. The number of hydrogen-bond donors (Lipinski definition) is 1. The van der Waals surface area contributed by atoms with Gasteiger partial charge in [0.05, 0.1) is 6.10 Å². The van der Waals surface area contributed by atoms with E-state index < -0.39 is 0 Å². The molecule has 1 aliphatic carbocycles. The van der Waals surface area contributed by atoms with E-state index in [-0.39, 0.29) is 6.10 Å². The average Bonchev–Trinajstić information content (AvgIpc) is 2.53. The van der Waals surface area contributed by atoms with Crippen molar-refractivity contribution in [3.63, 3.8) is 0 Å². The monoisotopic (exact) mass is 183 g/mol. The molecular weight excluding hydrogens is 162 g/mol. The minimum atomic E-state index is -0.0425. The molecule has 1 saturated carbocycles. The van der Waals surface area contributed by atoms with Crippen LogP contribution in [-0.2, 0) is 0 Å². The van der Waals surface area contributed by atoms with E-state index in [1.54, 1.807) is 0 Å². The molecule has 2 aliphatic rings. The third-order valence-electron chi connectivity index (χ3n) is 3.62. The van der Waals surface area contributed by atoms with E-state index in [9.17, 15) is 5.11 Å². The summed E-state index contributed by atoms with van der Waals surface area (Å²) in [4.78, 5) is 2.51. The lowest BCUT2D eigenvalue weighted by molar-refractivity contribution is 0.0297. The van der Waals surface area contributed by atoms with Crippen molar-refractivity contribution < 1.29 is 5.11 Å². The molecule has 0 radical (unpaired) electrons. The molecule has 1 unspecified atom stereocenters. The lowest BCUT2D eigenvalue weighted by Gasteiger charge is -2.35. The fraction of sp³-hybridized carbons (Fsp3) is 1.00. The second kappa shape index (κ2) is 3.97. The van der Waals surface area contributed by atoms with Gasteiger partial charge in [-0.1, -0.05) is 19.8 Å². The molecule has 1 aliphatic heterocycles. The van der Waals surface area contributed by atoms with Gasteiger partial charge in [-0.2, -0.15) is 0 Å². The number of likely N-dealkylation sites (tertiary alicyclic amines) is 1. The molecule has 0 bridgehead atoms. The van der Waals surface area contributed by atoms with Crippen molar-refractivity contribution in [2.24, 2.45) is 5.92 Å². The van der Waals surface area contributed by atoms with Crippen LogP contribution in [0.2, 0.25) is 0 Å². The summed E-state index contributed by atoms with van der Waals surface area (Å²) in [7, 11) is 0. The summed E-state index contributed by atoms with van der Waals surface area (Å²) >= 11 is 0. The van der Waals surface area contributed by atoms with Gasteiger partial charge in [-0.05, 0) is 31.7 Å². The van der Waals surface area contributed by atoms with Gasteiger partial charge in [0.1, 0.15) is 0 Å². The first kappa shape index (κ1) is 9.47. The van der Waals surface area contributed by atoms with Crippen LogP contribution in [0.4, 0.5) is 0 Å². The lowest BCUT2D eigenvalue weighted by atomic mass is 9.91. The van der Waals surface area contributed by atoms with Crippen molar-refractivity contribution in [3.8, 4) is 0 Å². The number of nitrogens with zero attached hydrogens (tertiary/aromatic N) is 1. The Labute approximate surface area is 80.9 Å². The molecule has 2 fully saturated rings. The first-order chi connectivity index (χ1) is 6.27. The minimum absolute atomic E-state index is 0.0425. The van der Waals surface area contributed by atoms with E-state index in [0.29, 0.717) is 6.04 Å². The number of hydrogen-bond acceptors (Lipinski definition) is 2. The normalized spacial score (nSPS) is 42.5. The smallest absolute Gasteiger partial charge is 0.0695 e. The third kappa shape index (κ3) is 2.05. The molecule has 2 heteroatoms. The Kier molecular flexibility index (Phi) is 2.89. The lowest BCUT2D eigenvalue weighted by Crippen LogP contribution is -2.44. The summed E-state index contributed by atoms with van der Waals surface area (Å²) in [5.41, 5.74) is 0. The standard InChI is InChI=1S/C11H21NO/c1-9-6-7-12(8-9)10-4-2-3-5-11(10)13/h9-11,13H,2-8H2,1H3/t9-,10?,11-/m1/s1. The topological polar surface area (TPSA) is 23.5 Å². The molecule has 2 rings (SSSR count). The van der Waals surface area contributed by atoms with Crippen molar-refractivity contribution in [3.05, 3.63) is 0 Å². The fourth-order valence-electron chi connectivity index (χ4n) is 2.79. The first-order valence-electron chi connectivity index (χ1n) is 5.69. The van der Waals surface area contributed by atoms with Gasteiger partial charge < -0.3 is 5.11 Å². The van der Waals surface area contributed by atoms with Crippen LogP contribution in [-0.4, -0.2) is 35.2 Å². The molecule has 1 N–H and O–H groups in total. The van der Waals surface area contributed by atoms with E-state index in [1.807, 2.05) is 0 Å². The van der Waals surface area contributed by atoms with Gasteiger partial charge in [0.15, 0.2) is 0 Å². The van der Waals surface area contributed by atoms with Crippen molar-refractivity contribution in [1.82, 2.24) is 4.90 Å². The summed E-state index contributed by atoms with van der Waals surface area (Å²) in [5, 5.41) is 9.87. The van der Waals surface area contributed by atoms with Crippen molar-refractivity contribution >= 4 is 0 Å². The zero-order valence-corrected chi connectivity index (χ0v) is 8.58. The maximum Gasteiger partial charge on any atom is 0.0695 e. The quantitative estimate of drug-likeness (QED) is 0.668. The Balaban J connectivity index is 1.91. The molecule has 0 amide bonds. The summed E-state index contributed by atoms with van der Waals surface area (Å²) in [6, 6.07) is 0.485. The highest BCUT2D eigenvalue weighted by molar-refractivity contribution is 4.86. The average molecular weight is 183 g/mol. The van der Waals surface area contributed by atoms with Crippen LogP contribution in [0.5, 0.6) is 0 Å². The molecule has 0 aromatic carbocycles. The summed E-state index contributed by atoms with van der Waals surface area (Å²) in [5.74, 6) is 0.842. The molecule has 13 heavy (non-hydrogen) atoms. The van der Waals surface area contributed by atoms with Gasteiger partial charge >= 0.3 is 0 Å². The van der Waals surface area contributed by atoms with Crippen molar-refractivity contribution in [1.29, 1.82) is 0 Å². The van der Waals surface area contributed by atoms with Gasteiger partial charge in [-0.25, -0.2) is 0 Å². The molecule has 0 aromatic heterocycles. The largest absolute Gasteiger partial charge is 0.391 e. The highest BCUT2D eigenvalue weighted by atomic mass is 16.3. The van der Waals surface area contributed by atoms with Gasteiger partial charge in [-0.15, -0.1) is 0 Å². The molecule has 0 spiro atoms. The van der Waals surface area contributed by atoms with Crippen LogP contribution in [0.15, 0.2) is 0 Å². The van der Waals surface area contributed by atoms with Gasteiger partial charge in [0.2, 0.25) is 0 Å². The molecular formula is C11H21NO. The van der Waals surface area contributed by atoms with Crippen molar-refractivity contribution in [2.75, 3.05) is 13.1 Å². The summed E-state index contributed by atoms with van der Waals surface area (Å²) in [6.45, 7) is 4.74. The summed E-state index contributed by atoms with van der Waals surface area (Å²) in [6.07, 6.45) is 6.05. The summed E-state index contributed by atoms with van der Waals surface area (Å²) < 4.78 is 0. The fourth-order valence-corrected chi connectivity index (χ4v) is 2.79. The maximum absolute atomic E-state index is 9.87. The molecule has 1 heterocycles. The third-order valence-corrected chi connectivity index (χ3v) is 3.62. The SMILES string of the molecule is C[C@@H]1CCN(C2CCCC[C@H]2O)C1. The van der Waals surface area contributed by atoms with Crippen LogP contribution in [0.25, 0.3) is 0 Å². The van der Waals surface area contributed by atoms with Crippen LogP contribution < -0.4 is 0 Å². The van der Waals surface area contributed by atoms with Crippen LogP contribution in [0.1, 0.15) is 39.0 Å². The minimum Gasteiger partial charge on any atom is -0.391 e. The first-order valence-corrected chi connectivity index (χ1v) is 5.69. The van der Waals surface area contributed by atoms with Crippen LogP contribution in [0, 0.1) is 5.92 Å². The maximum atomic E-state index is 9.87. The molecule has 76 valence electrons. The second-order valence-electron chi connectivity index (χ2n) is 4.81. The van der Waals surface area contributed by atoms with E-state index >= 15 is 0 Å². The Morgan fingerprint density at radius 2 is 1.92 bits per heavy atom. The number of rotatable bonds is 1. The van der Waals surface area contributed by atoms with Gasteiger partial charge in [0.25, 0.3) is 0 Å². The predicted octanol–water partition coefficient (Wildman–Crippen LogP) is 1.63. The van der Waals surface area contributed by atoms with Gasteiger partial charge in [0, 0.05) is 12.6 Å². The van der Waals surface area contributed by atoms with E-state index in [4.69, 9.17) is 0 Å². The molecule has 2 nitrogen and oxygen atoms in total. The zero-order chi connectivity index (χ0) is 9.26. The molecule has 3 atom stereocenters. The Bertz CT molecular complexity index is 171. The number of aliphatic hydroxyl groups is 1. The van der Waals surface area contributed by atoms with E-state index in [1.165, 1.54) is 38.8 Å². The predicted molar refractivity (Wildman–Crippen MR) is 53.6 cm³/mol. The highest BCUT2D eigenvalue weighted by Gasteiger charge is 2.32. The van der Waals surface area contributed by atoms with Crippen LogP contribution in [0.3, 0.4) is 0 Å². The Hall–Kier alpha value is -0.0800. The van der Waals surface area contributed by atoms with Crippen molar-refractivity contribution in [2.45, 2.75) is 51.2 Å². The van der Waals surface area contributed by atoms with Gasteiger partial charge in [-0.3, -0.25) is 4.90 Å².